The highest BCUT2D eigenvalue weighted by atomic mass is 16.5. The Labute approximate surface area is 163 Å². The smallest absolute Gasteiger partial charge is 0.119 e. The standard InChI is InChI=1S/C25H31NO/c1-16-11-18(13-19(12-16)24(2,3)4)23-21(25(5,6)7)15-17-14-20(27-8)9-10-22(17)26-23/h9-15H,1-8H3. The number of benzene rings is 2. The molecule has 142 valence electrons. The first-order valence-electron chi connectivity index (χ1n) is 9.61. The maximum absolute atomic E-state index is 5.40. The summed E-state index contributed by atoms with van der Waals surface area (Å²) in [6, 6.07) is 15.2. The highest BCUT2D eigenvalue weighted by molar-refractivity contribution is 5.85. The first-order valence-corrected chi connectivity index (χ1v) is 9.61. The Morgan fingerprint density at radius 1 is 0.815 bits per heavy atom. The first-order chi connectivity index (χ1) is 12.5. The molecule has 0 saturated carbocycles. The summed E-state index contributed by atoms with van der Waals surface area (Å²) in [4.78, 5) is 5.10. The van der Waals surface area contributed by atoms with Gasteiger partial charge in [0.2, 0.25) is 0 Å². The molecule has 0 N–H and O–H groups in total. The summed E-state index contributed by atoms with van der Waals surface area (Å²) in [5.41, 5.74) is 7.24. The van der Waals surface area contributed by atoms with E-state index < -0.39 is 0 Å². The van der Waals surface area contributed by atoms with Crippen molar-refractivity contribution < 1.29 is 4.74 Å². The second-order valence-electron chi connectivity index (χ2n) is 9.53. The average molecular weight is 362 g/mol. The number of methoxy groups -OCH3 is 1. The van der Waals surface area contributed by atoms with Crippen molar-refractivity contribution in [2.75, 3.05) is 7.11 Å². The second kappa shape index (κ2) is 6.67. The van der Waals surface area contributed by atoms with Crippen molar-refractivity contribution in [3.05, 3.63) is 59.2 Å². The minimum absolute atomic E-state index is 0.00869. The Morgan fingerprint density at radius 3 is 2.11 bits per heavy atom. The van der Waals surface area contributed by atoms with Crippen LogP contribution < -0.4 is 4.74 Å². The lowest BCUT2D eigenvalue weighted by atomic mass is 9.81. The number of hydrogen-bond acceptors (Lipinski definition) is 2. The molecule has 0 spiro atoms. The number of hydrogen-bond donors (Lipinski definition) is 0. The van der Waals surface area contributed by atoms with Crippen LogP contribution in [0.25, 0.3) is 22.2 Å². The average Bonchev–Trinajstić information content (AvgIpc) is 2.58. The van der Waals surface area contributed by atoms with Gasteiger partial charge in [-0.1, -0.05) is 53.2 Å². The van der Waals surface area contributed by atoms with Crippen LogP contribution >= 0.6 is 0 Å². The molecular weight excluding hydrogens is 330 g/mol. The summed E-state index contributed by atoms with van der Waals surface area (Å²) in [6.07, 6.45) is 0. The van der Waals surface area contributed by atoms with E-state index in [4.69, 9.17) is 9.72 Å². The molecular formula is C25H31NO. The van der Waals surface area contributed by atoms with Gasteiger partial charge >= 0.3 is 0 Å². The van der Waals surface area contributed by atoms with Crippen LogP contribution in [0.4, 0.5) is 0 Å². The van der Waals surface area contributed by atoms with E-state index in [1.807, 2.05) is 12.1 Å². The van der Waals surface area contributed by atoms with E-state index >= 15 is 0 Å². The van der Waals surface area contributed by atoms with Gasteiger partial charge in [-0.2, -0.15) is 0 Å². The zero-order chi connectivity index (χ0) is 20.0. The topological polar surface area (TPSA) is 22.1 Å². The van der Waals surface area contributed by atoms with Crippen LogP contribution in [-0.4, -0.2) is 12.1 Å². The summed E-state index contributed by atoms with van der Waals surface area (Å²) in [7, 11) is 1.70. The summed E-state index contributed by atoms with van der Waals surface area (Å²) >= 11 is 0. The molecule has 3 aromatic rings. The van der Waals surface area contributed by atoms with Crippen molar-refractivity contribution in [2.24, 2.45) is 0 Å². The third-order valence-corrected chi connectivity index (χ3v) is 5.05. The third-order valence-electron chi connectivity index (χ3n) is 5.05. The minimum atomic E-state index is -0.00869. The Hall–Kier alpha value is -2.35. The number of fused-ring (bicyclic) bond motifs is 1. The minimum Gasteiger partial charge on any atom is -0.497 e. The highest BCUT2D eigenvalue weighted by Crippen LogP contribution is 2.37. The molecule has 0 aliphatic heterocycles. The van der Waals surface area contributed by atoms with Crippen LogP contribution in [0.15, 0.2) is 42.5 Å². The van der Waals surface area contributed by atoms with Crippen LogP contribution in [0.5, 0.6) is 5.75 Å². The zero-order valence-corrected chi connectivity index (χ0v) is 17.9. The molecule has 0 saturated heterocycles. The van der Waals surface area contributed by atoms with E-state index in [0.29, 0.717) is 0 Å². The number of aromatic nitrogens is 1. The number of rotatable bonds is 2. The van der Waals surface area contributed by atoms with Gasteiger partial charge in [-0.15, -0.1) is 0 Å². The van der Waals surface area contributed by atoms with Crippen LogP contribution in [0, 0.1) is 6.92 Å². The van der Waals surface area contributed by atoms with Gasteiger partial charge in [0.25, 0.3) is 0 Å². The van der Waals surface area contributed by atoms with Crippen LogP contribution in [-0.2, 0) is 10.8 Å². The Balaban J connectivity index is 2.32. The third kappa shape index (κ3) is 4.00. The van der Waals surface area contributed by atoms with Crippen molar-refractivity contribution in [3.63, 3.8) is 0 Å². The Morgan fingerprint density at radius 2 is 1.52 bits per heavy atom. The predicted octanol–water partition coefficient (Wildman–Crippen LogP) is 6.81. The van der Waals surface area contributed by atoms with E-state index in [0.717, 1.165) is 22.3 Å². The molecule has 3 rings (SSSR count). The van der Waals surface area contributed by atoms with Crippen LogP contribution in [0.2, 0.25) is 0 Å². The van der Waals surface area contributed by atoms with Crippen molar-refractivity contribution in [1.82, 2.24) is 4.98 Å². The fourth-order valence-corrected chi connectivity index (χ4v) is 3.43. The van der Waals surface area contributed by atoms with Crippen LogP contribution in [0.3, 0.4) is 0 Å². The lowest BCUT2D eigenvalue weighted by Crippen LogP contribution is -2.15. The van der Waals surface area contributed by atoms with Gasteiger partial charge in [-0.05, 0) is 65.3 Å². The maximum atomic E-state index is 5.40. The highest BCUT2D eigenvalue weighted by Gasteiger charge is 2.23. The van der Waals surface area contributed by atoms with Gasteiger partial charge in [0.1, 0.15) is 5.75 Å². The predicted molar refractivity (Wildman–Crippen MR) is 116 cm³/mol. The molecule has 0 unspecified atom stereocenters. The molecule has 2 aromatic carbocycles. The van der Waals surface area contributed by atoms with E-state index in [9.17, 15) is 0 Å². The molecule has 2 heteroatoms. The van der Waals surface area contributed by atoms with E-state index in [1.165, 1.54) is 22.3 Å². The monoisotopic (exact) mass is 361 g/mol. The molecule has 0 fully saturated rings. The molecule has 27 heavy (non-hydrogen) atoms. The number of nitrogens with zero attached hydrogens (tertiary/aromatic N) is 1. The SMILES string of the molecule is COc1ccc2nc(-c3cc(C)cc(C(C)(C)C)c3)c(C(C)(C)C)cc2c1. The zero-order valence-electron chi connectivity index (χ0n) is 17.9. The number of ether oxygens (including phenoxy) is 1. The molecule has 0 atom stereocenters. The molecule has 1 heterocycles. The van der Waals surface area contributed by atoms with Gasteiger partial charge in [0.15, 0.2) is 0 Å². The summed E-state index contributed by atoms with van der Waals surface area (Å²) < 4.78 is 5.40. The van der Waals surface area contributed by atoms with Gasteiger partial charge in [-0.25, -0.2) is 4.98 Å². The van der Waals surface area contributed by atoms with Gasteiger partial charge in [0.05, 0.1) is 18.3 Å². The summed E-state index contributed by atoms with van der Waals surface area (Å²) in [6.45, 7) is 15.7. The molecule has 0 radical (unpaired) electrons. The van der Waals surface area contributed by atoms with Crippen molar-refractivity contribution in [3.8, 4) is 17.0 Å². The van der Waals surface area contributed by atoms with Crippen molar-refractivity contribution in [2.45, 2.75) is 59.3 Å². The molecule has 2 nitrogen and oxygen atoms in total. The molecule has 0 aliphatic carbocycles. The van der Waals surface area contributed by atoms with Gasteiger partial charge in [0, 0.05) is 10.9 Å². The Kier molecular flexibility index (Phi) is 4.80. The lowest BCUT2D eigenvalue weighted by molar-refractivity contribution is 0.415. The molecule has 1 aromatic heterocycles. The number of pyridine rings is 1. The van der Waals surface area contributed by atoms with Crippen molar-refractivity contribution in [1.29, 1.82) is 0 Å². The van der Waals surface area contributed by atoms with Crippen molar-refractivity contribution >= 4 is 10.9 Å². The largest absolute Gasteiger partial charge is 0.497 e. The normalized spacial score (nSPS) is 12.4. The number of aryl methyl sites for hydroxylation is 1. The van der Waals surface area contributed by atoms with Gasteiger partial charge in [-0.3, -0.25) is 0 Å². The van der Waals surface area contributed by atoms with Crippen LogP contribution in [0.1, 0.15) is 58.2 Å². The lowest BCUT2D eigenvalue weighted by Gasteiger charge is -2.25. The quantitative estimate of drug-likeness (QED) is 0.500. The van der Waals surface area contributed by atoms with E-state index in [-0.39, 0.29) is 10.8 Å². The fourth-order valence-electron chi connectivity index (χ4n) is 3.43. The van der Waals surface area contributed by atoms with Gasteiger partial charge < -0.3 is 4.74 Å². The molecule has 0 amide bonds. The second-order valence-corrected chi connectivity index (χ2v) is 9.53. The first kappa shape index (κ1) is 19.4. The molecule has 0 aliphatic rings. The maximum Gasteiger partial charge on any atom is 0.119 e. The summed E-state index contributed by atoms with van der Waals surface area (Å²) in [5, 5.41) is 1.12. The molecule has 0 bridgehead atoms. The fraction of sp³-hybridized carbons (Fsp3) is 0.400. The Bertz CT molecular complexity index is 988. The summed E-state index contributed by atoms with van der Waals surface area (Å²) in [5.74, 6) is 0.863. The van der Waals surface area contributed by atoms with E-state index in [2.05, 4.69) is 78.8 Å². The van der Waals surface area contributed by atoms with E-state index in [1.54, 1.807) is 7.11 Å².